The van der Waals surface area contributed by atoms with E-state index in [1.165, 1.54) is 12.1 Å². The van der Waals surface area contributed by atoms with Crippen molar-refractivity contribution >= 4 is 29.2 Å². The molecule has 0 atom stereocenters. The summed E-state index contributed by atoms with van der Waals surface area (Å²) in [5.74, 6) is -0.537. The molecule has 0 unspecified atom stereocenters. The number of rotatable bonds is 1. The number of nitrogens with two attached hydrogens (primary N) is 1. The maximum absolute atomic E-state index is 13.5. The van der Waals surface area contributed by atoms with Gasteiger partial charge in [-0.25, -0.2) is 4.39 Å². The Morgan fingerprint density at radius 1 is 1.12 bits per heavy atom. The summed E-state index contributed by atoms with van der Waals surface area (Å²) >= 11 is 11.2. The Morgan fingerprint density at radius 3 is 2.50 bits per heavy atom. The van der Waals surface area contributed by atoms with Gasteiger partial charge < -0.3 is 5.73 Å². The summed E-state index contributed by atoms with van der Waals surface area (Å²) in [6, 6.07) is 4.13. The molecule has 16 heavy (non-hydrogen) atoms. The van der Waals surface area contributed by atoms with Gasteiger partial charge in [0.25, 0.3) is 0 Å². The van der Waals surface area contributed by atoms with Crippen LogP contribution in [-0.4, -0.2) is 15.0 Å². The molecule has 2 rings (SSSR count). The van der Waals surface area contributed by atoms with E-state index in [-0.39, 0.29) is 27.6 Å². The van der Waals surface area contributed by atoms with Crippen LogP contribution in [0.2, 0.25) is 10.3 Å². The molecule has 1 aromatic heterocycles. The fourth-order valence-electron chi connectivity index (χ4n) is 1.16. The first kappa shape index (κ1) is 11.0. The van der Waals surface area contributed by atoms with Gasteiger partial charge in [-0.2, -0.15) is 15.0 Å². The summed E-state index contributed by atoms with van der Waals surface area (Å²) in [7, 11) is 0. The van der Waals surface area contributed by atoms with Crippen molar-refractivity contribution in [1.82, 2.24) is 15.0 Å². The van der Waals surface area contributed by atoms with Gasteiger partial charge in [0.2, 0.25) is 11.2 Å². The lowest BCUT2D eigenvalue weighted by molar-refractivity contribution is 0.630. The van der Waals surface area contributed by atoms with Crippen molar-refractivity contribution in [3.05, 3.63) is 34.3 Å². The number of aromatic nitrogens is 3. The van der Waals surface area contributed by atoms with Gasteiger partial charge in [-0.15, -0.1) is 0 Å². The van der Waals surface area contributed by atoms with Crippen molar-refractivity contribution in [2.24, 2.45) is 0 Å². The van der Waals surface area contributed by atoms with Crippen LogP contribution in [-0.2, 0) is 0 Å². The van der Waals surface area contributed by atoms with Crippen molar-refractivity contribution in [1.29, 1.82) is 0 Å². The molecule has 0 saturated heterocycles. The lowest BCUT2D eigenvalue weighted by Crippen LogP contribution is -2.00. The van der Waals surface area contributed by atoms with Crippen LogP contribution in [0.15, 0.2) is 18.2 Å². The molecule has 0 amide bonds. The van der Waals surface area contributed by atoms with Gasteiger partial charge in [0.15, 0.2) is 5.82 Å². The minimum Gasteiger partial charge on any atom is -0.368 e. The predicted molar refractivity (Wildman–Crippen MR) is 59.7 cm³/mol. The summed E-state index contributed by atoms with van der Waals surface area (Å²) in [6.45, 7) is 0. The van der Waals surface area contributed by atoms with Gasteiger partial charge in [0.1, 0.15) is 5.82 Å². The van der Waals surface area contributed by atoms with Crippen LogP contribution in [0.1, 0.15) is 0 Å². The van der Waals surface area contributed by atoms with E-state index < -0.39 is 5.82 Å². The average molecular weight is 259 g/mol. The lowest BCUT2D eigenvalue weighted by atomic mass is 10.2. The van der Waals surface area contributed by atoms with Gasteiger partial charge in [0.05, 0.1) is 5.56 Å². The number of hydrogen-bond acceptors (Lipinski definition) is 4. The Hall–Kier alpha value is -1.46. The van der Waals surface area contributed by atoms with Crippen LogP contribution >= 0.6 is 23.2 Å². The zero-order valence-corrected chi connectivity index (χ0v) is 9.30. The molecule has 0 aliphatic rings. The molecule has 0 saturated carbocycles. The van der Waals surface area contributed by atoms with Crippen molar-refractivity contribution < 1.29 is 4.39 Å². The molecule has 2 aromatic rings. The van der Waals surface area contributed by atoms with Crippen molar-refractivity contribution in [3.8, 4) is 11.4 Å². The summed E-state index contributed by atoms with van der Waals surface area (Å²) in [6.07, 6.45) is 0. The Balaban J connectivity index is 2.58. The summed E-state index contributed by atoms with van der Waals surface area (Å²) in [5, 5.41) is 0.200. The largest absolute Gasteiger partial charge is 0.368 e. The SMILES string of the molecule is Nc1nc(Cl)nc(-c2ccc(Cl)cc2F)n1. The van der Waals surface area contributed by atoms with E-state index >= 15 is 0 Å². The van der Waals surface area contributed by atoms with Crippen LogP contribution in [0, 0.1) is 5.82 Å². The normalized spacial score (nSPS) is 10.4. The Morgan fingerprint density at radius 2 is 1.88 bits per heavy atom. The molecule has 0 radical (unpaired) electrons. The molecule has 1 heterocycles. The average Bonchev–Trinajstić information content (AvgIpc) is 2.15. The third-order valence-corrected chi connectivity index (χ3v) is 2.20. The van der Waals surface area contributed by atoms with Gasteiger partial charge in [-0.3, -0.25) is 0 Å². The minimum absolute atomic E-state index is 0.0654. The quantitative estimate of drug-likeness (QED) is 0.854. The highest BCUT2D eigenvalue weighted by molar-refractivity contribution is 6.30. The molecule has 1 aromatic carbocycles. The molecule has 2 N–H and O–H groups in total. The van der Waals surface area contributed by atoms with Crippen LogP contribution in [0.4, 0.5) is 10.3 Å². The highest BCUT2D eigenvalue weighted by Crippen LogP contribution is 2.23. The Bertz CT molecular complexity index is 527. The van der Waals surface area contributed by atoms with Crippen molar-refractivity contribution in [2.45, 2.75) is 0 Å². The van der Waals surface area contributed by atoms with E-state index in [9.17, 15) is 4.39 Å². The molecule has 4 nitrogen and oxygen atoms in total. The molecule has 0 aliphatic carbocycles. The van der Waals surface area contributed by atoms with Gasteiger partial charge in [-0.1, -0.05) is 11.6 Å². The monoisotopic (exact) mass is 258 g/mol. The van der Waals surface area contributed by atoms with E-state index in [1.54, 1.807) is 0 Å². The van der Waals surface area contributed by atoms with E-state index in [4.69, 9.17) is 28.9 Å². The number of hydrogen-bond donors (Lipinski definition) is 1. The standard InChI is InChI=1S/C9H5Cl2FN4/c10-4-1-2-5(6(12)3-4)7-14-8(11)16-9(13)15-7/h1-3H,(H2,13,14,15,16). The number of anilines is 1. The summed E-state index contributed by atoms with van der Waals surface area (Å²) < 4.78 is 13.5. The van der Waals surface area contributed by atoms with Gasteiger partial charge in [0, 0.05) is 5.02 Å². The predicted octanol–water partition coefficient (Wildman–Crippen LogP) is 2.57. The van der Waals surface area contributed by atoms with E-state index in [2.05, 4.69) is 15.0 Å². The highest BCUT2D eigenvalue weighted by atomic mass is 35.5. The number of nitrogen functional groups attached to an aromatic ring is 1. The third kappa shape index (κ3) is 2.20. The second-order valence-corrected chi connectivity index (χ2v) is 3.68. The maximum Gasteiger partial charge on any atom is 0.227 e. The van der Waals surface area contributed by atoms with Gasteiger partial charge >= 0.3 is 0 Å². The molecule has 0 fully saturated rings. The minimum atomic E-state index is -0.547. The van der Waals surface area contributed by atoms with E-state index in [0.29, 0.717) is 0 Å². The molecule has 0 spiro atoms. The van der Waals surface area contributed by atoms with Crippen LogP contribution in [0.3, 0.4) is 0 Å². The topological polar surface area (TPSA) is 64.7 Å². The maximum atomic E-state index is 13.5. The second kappa shape index (κ2) is 4.19. The highest BCUT2D eigenvalue weighted by Gasteiger charge is 2.10. The molecule has 0 aliphatic heterocycles. The zero-order valence-electron chi connectivity index (χ0n) is 7.78. The number of benzene rings is 1. The van der Waals surface area contributed by atoms with Crippen LogP contribution in [0.25, 0.3) is 11.4 Å². The molecule has 7 heteroatoms. The summed E-state index contributed by atoms with van der Waals surface area (Å²) in [5.41, 5.74) is 5.55. The molecule has 0 bridgehead atoms. The zero-order chi connectivity index (χ0) is 11.7. The Kier molecular flexibility index (Phi) is 2.89. The first-order valence-corrected chi connectivity index (χ1v) is 4.94. The first-order chi connectivity index (χ1) is 7.56. The van der Waals surface area contributed by atoms with Crippen LogP contribution < -0.4 is 5.73 Å². The molecular formula is C9H5Cl2FN4. The number of halogens is 3. The van der Waals surface area contributed by atoms with E-state index in [0.717, 1.165) is 6.07 Å². The first-order valence-electron chi connectivity index (χ1n) is 4.19. The fraction of sp³-hybridized carbons (Fsp3) is 0. The van der Waals surface area contributed by atoms with Crippen molar-refractivity contribution in [3.63, 3.8) is 0 Å². The van der Waals surface area contributed by atoms with E-state index in [1.807, 2.05) is 0 Å². The summed E-state index contributed by atoms with van der Waals surface area (Å²) in [4.78, 5) is 11.1. The third-order valence-electron chi connectivity index (χ3n) is 1.80. The fourth-order valence-corrected chi connectivity index (χ4v) is 1.48. The second-order valence-electron chi connectivity index (χ2n) is 2.91. The van der Waals surface area contributed by atoms with Gasteiger partial charge in [-0.05, 0) is 29.8 Å². The van der Waals surface area contributed by atoms with Crippen LogP contribution in [0.5, 0.6) is 0 Å². The molecular weight excluding hydrogens is 254 g/mol. The molecule has 82 valence electrons. The number of nitrogens with zero attached hydrogens (tertiary/aromatic N) is 3. The lowest BCUT2D eigenvalue weighted by Gasteiger charge is -2.03. The van der Waals surface area contributed by atoms with Crippen molar-refractivity contribution in [2.75, 3.05) is 5.73 Å². The smallest absolute Gasteiger partial charge is 0.227 e. The Labute approximate surface area is 100 Å².